The summed E-state index contributed by atoms with van der Waals surface area (Å²) in [7, 11) is 1.89. The van der Waals surface area contributed by atoms with E-state index >= 15 is 0 Å². The molecule has 0 N–H and O–H groups in total. The summed E-state index contributed by atoms with van der Waals surface area (Å²) in [6.45, 7) is 3.16. The van der Waals surface area contributed by atoms with Gasteiger partial charge >= 0.3 is 5.97 Å². The van der Waals surface area contributed by atoms with Crippen molar-refractivity contribution < 1.29 is 14.3 Å². The van der Waals surface area contributed by atoms with Gasteiger partial charge in [-0.2, -0.15) is 0 Å². The van der Waals surface area contributed by atoms with Crippen LogP contribution in [0.15, 0.2) is 30.5 Å². The molecule has 0 bridgehead atoms. The molecular weight excluding hydrogens is 280 g/mol. The molecule has 2 aromatic rings. The Hall–Kier alpha value is -2.30. The van der Waals surface area contributed by atoms with Gasteiger partial charge in [-0.15, -0.1) is 0 Å². The fraction of sp³-hybridized carbons (Fsp3) is 0.412. The normalized spacial score (nSPS) is 16.0. The first-order chi connectivity index (χ1) is 10.6. The van der Waals surface area contributed by atoms with Gasteiger partial charge in [-0.25, -0.2) is 4.79 Å². The molecule has 0 spiro atoms. The third-order valence-corrected chi connectivity index (χ3v) is 4.17. The smallest absolute Gasteiger partial charge is 0.341 e. The first kappa shape index (κ1) is 14.6. The molecule has 1 aliphatic rings. The zero-order chi connectivity index (χ0) is 15.7. The van der Waals surface area contributed by atoms with E-state index in [2.05, 4.69) is 0 Å². The van der Waals surface area contributed by atoms with E-state index in [1.54, 1.807) is 18.0 Å². The second-order valence-electron chi connectivity index (χ2n) is 5.75. The lowest BCUT2D eigenvalue weighted by molar-refractivity contribution is -0.138. The summed E-state index contributed by atoms with van der Waals surface area (Å²) in [6, 6.07) is 7.65. The van der Waals surface area contributed by atoms with Gasteiger partial charge < -0.3 is 14.2 Å². The number of aromatic nitrogens is 1. The van der Waals surface area contributed by atoms with Crippen molar-refractivity contribution in [1.29, 1.82) is 0 Å². The van der Waals surface area contributed by atoms with Crippen LogP contribution in [0.5, 0.6) is 0 Å². The molecule has 0 saturated carbocycles. The molecule has 1 amide bonds. The fourth-order valence-corrected chi connectivity index (χ4v) is 2.97. The highest BCUT2D eigenvalue weighted by Gasteiger charge is 2.27. The third kappa shape index (κ3) is 2.58. The Balaban J connectivity index is 1.77. The zero-order valence-corrected chi connectivity index (χ0v) is 12.9. The number of ether oxygens (including phenoxy) is 1. The molecule has 5 heteroatoms. The van der Waals surface area contributed by atoms with Gasteiger partial charge in [-0.3, -0.25) is 4.79 Å². The number of amides is 1. The van der Waals surface area contributed by atoms with Crippen molar-refractivity contribution in [3.8, 4) is 0 Å². The molecule has 116 valence electrons. The average Bonchev–Trinajstić information content (AvgIpc) is 3.15. The van der Waals surface area contributed by atoms with Crippen molar-refractivity contribution in [2.24, 2.45) is 7.05 Å². The van der Waals surface area contributed by atoms with Crippen molar-refractivity contribution >= 4 is 22.8 Å². The molecule has 1 aromatic heterocycles. The van der Waals surface area contributed by atoms with E-state index < -0.39 is 12.1 Å². The van der Waals surface area contributed by atoms with E-state index in [0.717, 1.165) is 36.8 Å². The largest absolute Gasteiger partial charge is 0.449 e. The number of aryl methyl sites for hydroxylation is 1. The van der Waals surface area contributed by atoms with E-state index in [4.69, 9.17) is 4.74 Å². The molecule has 1 fully saturated rings. The summed E-state index contributed by atoms with van der Waals surface area (Å²) in [6.07, 6.45) is 3.05. The van der Waals surface area contributed by atoms with Crippen LogP contribution in [0.2, 0.25) is 0 Å². The van der Waals surface area contributed by atoms with Crippen LogP contribution in [0, 0.1) is 0 Å². The first-order valence-corrected chi connectivity index (χ1v) is 7.62. The van der Waals surface area contributed by atoms with E-state index in [1.807, 2.05) is 35.9 Å². The minimum Gasteiger partial charge on any atom is -0.449 e. The number of hydrogen-bond donors (Lipinski definition) is 0. The maximum atomic E-state index is 12.4. The van der Waals surface area contributed by atoms with E-state index in [-0.39, 0.29) is 5.91 Å². The van der Waals surface area contributed by atoms with Crippen molar-refractivity contribution in [2.75, 3.05) is 13.1 Å². The van der Waals surface area contributed by atoms with Gasteiger partial charge in [0.1, 0.15) is 0 Å². The molecule has 22 heavy (non-hydrogen) atoms. The number of carbonyl (C=O) groups is 2. The number of likely N-dealkylation sites (tertiary alicyclic amines) is 1. The van der Waals surface area contributed by atoms with Crippen LogP contribution in [0.1, 0.15) is 30.1 Å². The topological polar surface area (TPSA) is 51.5 Å². The van der Waals surface area contributed by atoms with Gasteiger partial charge in [0.15, 0.2) is 6.10 Å². The van der Waals surface area contributed by atoms with Gasteiger partial charge in [0.2, 0.25) is 0 Å². The second kappa shape index (κ2) is 5.83. The molecule has 1 saturated heterocycles. The average molecular weight is 300 g/mol. The lowest BCUT2D eigenvalue weighted by Gasteiger charge is -2.20. The van der Waals surface area contributed by atoms with Crippen molar-refractivity contribution in [3.05, 3.63) is 36.0 Å². The highest BCUT2D eigenvalue weighted by Crippen LogP contribution is 2.21. The fourth-order valence-electron chi connectivity index (χ4n) is 2.97. The number of esters is 1. The van der Waals surface area contributed by atoms with Crippen LogP contribution in [0.4, 0.5) is 0 Å². The van der Waals surface area contributed by atoms with Gasteiger partial charge in [-0.1, -0.05) is 18.2 Å². The number of para-hydroxylation sites is 1. The number of rotatable bonds is 3. The Labute approximate surface area is 129 Å². The minimum atomic E-state index is -0.746. The lowest BCUT2D eigenvalue weighted by atomic mass is 10.2. The van der Waals surface area contributed by atoms with Crippen molar-refractivity contribution in [3.63, 3.8) is 0 Å². The highest BCUT2D eigenvalue weighted by atomic mass is 16.5. The predicted octanol–water partition coefficient (Wildman–Crippen LogP) is 2.35. The maximum Gasteiger partial charge on any atom is 0.341 e. The third-order valence-electron chi connectivity index (χ3n) is 4.17. The molecule has 1 atom stereocenters. The Morgan fingerprint density at radius 2 is 1.86 bits per heavy atom. The molecule has 0 aliphatic carbocycles. The van der Waals surface area contributed by atoms with E-state index in [9.17, 15) is 9.59 Å². The lowest BCUT2D eigenvalue weighted by Crippen LogP contribution is -2.38. The van der Waals surface area contributed by atoms with E-state index in [1.165, 1.54) is 0 Å². The standard InChI is InChI=1S/C17H20N2O3/c1-12(16(20)19-9-5-6-10-19)22-17(21)14-11-18(2)15-8-4-3-7-13(14)15/h3-4,7-8,11-12H,5-6,9-10H2,1-2H3/t12-/m0/s1. The molecule has 5 nitrogen and oxygen atoms in total. The van der Waals surface area contributed by atoms with Crippen LogP contribution in [-0.2, 0) is 16.6 Å². The van der Waals surface area contributed by atoms with Crippen LogP contribution < -0.4 is 0 Å². The van der Waals surface area contributed by atoms with Crippen molar-refractivity contribution in [1.82, 2.24) is 9.47 Å². The summed E-state index contributed by atoms with van der Waals surface area (Å²) < 4.78 is 7.28. The summed E-state index contributed by atoms with van der Waals surface area (Å²) in [4.78, 5) is 26.4. The van der Waals surface area contributed by atoms with Crippen LogP contribution in [0.25, 0.3) is 10.9 Å². The molecular formula is C17H20N2O3. The summed E-state index contributed by atoms with van der Waals surface area (Å²) in [5.41, 5.74) is 1.46. The molecule has 2 heterocycles. The highest BCUT2D eigenvalue weighted by molar-refractivity contribution is 6.05. The molecule has 1 aromatic carbocycles. The summed E-state index contributed by atoms with van der Waals surface area (Å²) >= 11 is 0. The van der Waals surface area contributed by atoms with Crippen LogP contribution in [0.3, 0.4) is 0 Å². The monoisotopic (exact) mass is 300 g/mol. The Bertz CT molecular complexity index is 714. The van der Waals surface area contributed by atoms with Gasteiger partial charge in [0.25, 0.3) is 5.91 Å². The minimum absolute atomic E-state index is 0.105. The maximum absolute atomic E-state index is 12.4. The number of fused-ring (bicyclic) bond motifs is 1. The van der Waals surface area contributed by atoms with Crippen LogP contribution >= 0.6 is 0 Å². The summed E-state index contributed by atoms with van der Waals surface area (Å²) in [5.74, 6) is -0.553. The molecule has 0 radical (unpaired) electrons. The number of carbonyl (C=O) groups excluding carboxylic acids is 2. The zero-order valence-electron chi connectivity index (χ0n) is 12.9. The second-order valence-corrected chi connectivity index (χ2v) is 5.75. The Morgan fingerprint density at radius 3 is 2.59 bits per heavy atom. The summed E-state index contributed by atoms with van der Waals surface area (Å²) in [5, 5.41) is 0.843. The predicted molar refractivity (Wildman–Crippen MR) is 83.6 cm³/mol. The van der Waals surface area contributed by atoms with Gasteiger partial charge in [0.05, 0.1) is 5.56 Å². The Morgan fingerprint density at radius 1 is 1.18 bits per heavy atom. The van der Waals surface area contributed by atoms with Gasteiger partial charge in [-0.05, 0) is 25.8 Å². The number of nitrogens with zero attached hydrogens (tertiary/aromatic N) is 2. The van der Waals surface area contributed by atoms with Gasteiger partial charge in [0, 0.05) is 37.2 Å². The molecule has 1 aliphatic heterocycles. The van der Waals surface area contributed by atoms with Crippen LogP contribution in [-0.4, -0.2) is 40.5 Å². The number of benzene rings is 1. The first-order valence-electron chi connectivity index (χ1n) is 7.62. The number of hydrogen-bond acceptors (Lipinski definition) is 3. The van der Waals surface area contributed by atoms with E-state index in [0.29, 0.717) is 5.56 Å². The molecule has 0 unspecified atom stereocenters. The molecule has 3 rings (SSSR count). The van der Waals surface area contributed by atoms with Crippen molar-refractivity contribution in [2.45, 2.75) is 25.9 Å². The Kier molecular flexibility index (Phi) is 3.88. The SMILES string of the molecule is C[C@H](OC(=O)c1cn(C)c2ccccc12)C(=O)N1CCCC1. The quantitative estimate of drug-likeness (QED) is 0.818.